The quantitative estimate of drug-likeness (QED) is 0.392. The van der Waals surface area contributed by atoms with E-state index >= 15 is 0 Å². The maximum atomic E-state index is 12.6. The van der Waals surface area contributed by atoms with Gasteiger partial charge in [-0.25, -0.2) is 9.98 Å². The number of rotatable bonds is 8. The summed E-state index contributed by atoms with van der Waals surface area (Å²) in [6.45, 7) is 4.59. The van der Waals surface area contributed by atoms with E-state index in [9.17, 15) is 13.2 Å². The fourth-order valence-electron chi connectivity index (χ4n) is 3.24. The van der Waals surface area contributed by atoms with Crippen LogP contribution in [-0.4, -0.2) is 48.6 Å². The zero-order valence-corrected chi connectivity index (χ0v) is 16.9. The van der Waals surface area contributed by atoms with E-state index in [0.29, 0.717) is 23.6 Å². The Morgan fingerprint density at radius 2 is 2.04 bits per heavy atom. The zero-order chi connectivity index (χ0) is 19.7. The van der Waals surface area contributed by atoms with Crippen LogP contribution in [0.15, 0.2) is 10.4 Å². The van der Waals surface area contributed by atoms with Gasteiger partial charge in [-0.1, -0.05) is 19.3 Å². The topological polar surface area (TPSA) is 52.6 Å². The molecule has 1 fully saturated rings. The molecule has 27 heavy (non-hydrogen) atoms. The molecule has 0 bridgehead atoms. The van der Waals surface area contributed by atoms with Crippen molar-refractivity contribution in [3.8, 4) is 0 Å². The third kappa shape index (κ3) is 7.65. The lowest BCUT2D eigenvalue weighted by Gasteiger charge is -2.31. The molecule has 1 aliphatic rings. The van der Waals surface area contributed by atoms with E-state index in [0.717, 1.165) is 36.2 Å². The highest BCUT2D eigenvalue weighted by molar-refractivity contribution is 7.09. The highest BCUT2D eigenvalue weighted by Crippen LogP contribution is 2.30. The van der Waals surface area contributed by atoms with E-state index in [1.165, 1.54) is 32.1 Å². The van der Waals surface area contributed by atoms with Crippen molar-refractivity contribution in [2.45, 2.75) is 64.2 Å². The van der Waals surface area contributed by atoms with Gasteiger partial charge in [0.25, 0.3) is 0 Å². The lowest BCUT2D eigenvalue weighted by atomic mass is 9.94. The number of nitrogens with zero attached hydrogens (tertiary/aromatic N) is 3. The maximum Gasteiger partial charge on any atom is 0.434 e. The lowest BCUT2D eigenvalue weighted by Crippen LogP contribution is -2.39. The Kier molecular flexibility index (Phi) is 8.82. The minimum atomic E-state index is -4.40. The summed E-state index contributed by atoms with van der Waals surface area (Å²) < 4.78 is 37.8. The van der Waals surface area contributed by atoms with E-state index in [2.05, 4.69) is 32.6 Å². The van der Waals surface area contributed by atoms with Crippen molar-refractivity contribution in [1.29, 1.82) is 0 Å². The average molecular weight is 406 g/mol. The van der Waals surface area contributed by atoms with Crippen molar-refractivity contribution in [2.75, 3.05) is 26.7 Å². The summed E-state index contributed by atoms with van der Waals surface area (Å²) >= 11 is 0.984. The third-order valence-corrected chi connectivity index (χ3v) is 5.57. The van der Waals surface area contributed by atoms with Crippen molar-refractivity contribution in [2.24, 2.45) is 4.99 Å². The van der Waals surface area contributed by atoms with Gasteiger partial charge in [-0.2, -0.15) is 13.2 Å². The number of alkyl halides is 3. The lowest BCUT2D eigenvalue weighted by molar-refractivity contribution is -0.140. The molecule has 1 heterocycles. The predicted molar refractivity (Wildman–Crippen MR) is 104 cm³/mol. The molecule has 0 atom stereocenters. The Morgan fingerprint density at radius 3 is 2.67 bits per heavy atom. The maximum absolute atomic E-state index is 12.6. The second-order valence-corrected chi connectivity index (χ2v) is 7.81. The predicted octanol–water partition coefficient (Wildman–Crippen LogP) is 3.87. The van der Waals surface area contributed by atoms with Crippen LogP contribution in [0.5, 0.6) is 0 Å². The molecule has 2 N–H and O–H groups in total. The second kappa shape index (κ2) is 10.8. The summed E-state index contributed by atoms with van der Waals surface area (Å²) in [6.07, 6.45) is 3.20. The summed E-state index contributed by atoms with van der Waals surface area (Å²) in [6, 6.07) is 0.702. The first-order valence-electron chi connectivity index (χ1n) is 9.64. The number of nitrogens with one attached hydrogen (secondary N) is 2. The van der Waals surface area contributed by atoms with E-state index < -0.39 is 11.9 Å². The van der Waals surface area contributed by atoms with Crippen LogP contribution in [0.3, 0.4) is 0 Å². The van der Waals surface area contributed by atoms with Gasteiger partial charge in [0.15, 0.2) is 11.7 Å². The van der Waals surface area contributed by atoms with Crippen LogP contribution in [0.1, 0.15) is 56.2 Å². The molecule has 0 saturated heterocycles. The van der Waals surface area contributed by atoms with Gasteiger partial charge in [0, 0.05) is 24.5 Å². The van der Waals surface area contributed by atoms with Crippen molar-refractivity contribution in [1.82, 2.24) is 20.5 Å². The van der Waals surface area contributed by atoms with Crippen molar-refractivity contribution >= 4 is 17.3 Å². The number of halogens is 3. The second-order valence-electron chi connectivity index (χ2n) is 6.87. The van der Waals surface area contributed by atoms with Gasteiger partial charge in [-0.15, -0.1) is 11.3 Å². The van der Waals surface area contributed by atoms with Gasteiger partial charge in [0.05, 0.1) is 6.54 Å². The summed E-state index contributed by atoms with van der Waals surface area (Å²) in [5.74, 6) is 0.613. The van der Waals surface area contributed by atoms with E-state index in [4.69, 9.17) is 0 Å². The van der Waals surface area contributed by atoms with Crippen molar-refractivity contribution in [3.05, 3.63) is 16.1 Å². The first-order chi connectivity index (χ1) is 12.9. The molecule has 0 aromatic carbocycles. The molecular weight excluding hydrogens is 375 g/mol. The Morgan fingerprint density at radius 1 is 1.30 bits per heavy atom. The Balaban J connectivity index is 1.75. The van der Waals surface area contributed by atoms with E-state index in [1.807, 2.05) is 6.92 Å². The monoisotopic (exact) mass is 405 g/mol. The number of hydrogen-bond donors (Lipinski definition) is 2. The van der Waals surface area contributed by atoms with Crippen molar-refractivity contribution in [3.63, 3.8) is 0 Å². The first-order valence-corrected chi connectivity index (χ1v) is 10.5. The molecule has 1 aromatic rings. The van der Waals surface area contributed by atoms with E-state index in [-0.39, 0.29) is 6.54 Å². The smallest absolute Gasteiger partial charge is 0.357 e. The summed E-state index contributed by atoms with van der Waals surface area (Å²) in [4.78, 5) is 10.4. The molecule has 1 aromatic heterocycles. The van der Waals surface area contributed by atoms with Crippen LogP contribution in [-0.2, 0) is 12.7 Å². The Labute approximate surface area is 163 Å². The van der Waals surface area contributed by atoms with Crippen LogP contribution in [0.2, 0.25) is 0 Å². The highest BCUT2D eigenvalue weighted by atomic mass is 32.1. The zero-order valence-electron chi connectivity index (χ0n) is 16.1. The molecule has 0 spiro atoms. The van der Waals surface area contributed by atoms with Gasteiger partial charge in [0.1, 0.15) is 5.01 Å². The van der Waals surface area contributed by atoms with Crippen LogP contribution in [0.4, 0.5) is 13.2 Å². The molecule has 0 aliphatic heterocycles. The normalized spacial score (nSPS) is 16.7. The van der Waals surface area contributed by atoms with Crippen molar-refractivity contribution < 1.29 is 13.2 Å². The fourth-order valence-corrected chi connectivity index (χ4v) is 3.97. The molecule has 0 radical (unpaired) electrons. The molecule has 1 saturated carbocycles. The Bertz CT molecular complexity index is 582. The number of thiazole rings is 1. The summed E-state index contributed by atoms with van der Waals surface area (Å²) in [7, 11) is 2.19. The third-order valence-electron chi connectivity index (χ3n) is 4.74. The summed E-state index contributed by atoms with van der Waals surface area (Å²) in [5.41, 5.74) is -0.846. The standard InChI is InChI=1S/C18H30F3N5S/c1-3-22-17(24-12-16-25-15(13-27-16)18(19,20)21)23-10-7-11-26(2)14-8-5-4-6-9-14/h13-14H,3-12H2,1-2H3,(H2,22,23,24). The Hall–Kier alpha value is -1.35. The van der Waals surface area contributed by atoms with Gasteiger partial charge < -0.3 is 15.5 Å². The van der Waals surface area contributed by atoms with Crippen LogP contribution in [0, 0.1) is 0 Å². The average Bonchev–Trinajstić information content (AvgIpc) is 3.13. The molecule has 0 unspecified atom stereocenters. The van der Waals surface area contributed by atoms with E-state index in [1.54, 1.807) is 0 Å². The fraction of sp³-hybridized carbons (Fsp3) is 0.778. The molecule has 154 valence electrons. The summed E-state index contributed by atoms with van der Waals surface area (Å²) in [5, 5.41) is 7.77. The SMILES string of the molecule is CCNC(=NCc1nc(C(F)(F)F)cs1)NCCCN(C)C1CCCCC1. The van der Waals surface area contributed by atoms with Crippen LogP contribution < -0.4 is 10.6 Å². The highest BCUT2D eigenvalue weighted by Gasteiger charge is 2.33. The molecular formula is C18H30F3N5S. The molecule has 5 nitrogen and oxygen atoms in total. The number of hydrogen-bond acceptors (Lipinski definition) is 4. The number of guanidine groups is 1. The van der Waals surface area contributed by atoms with Gasteiger partial charge in [-0.05, 0) is 39.8 Å². The van der Waals surface area contributed by atoms with Gasteiger partial charge in [-0.3, -0.25) is 0 Å². The van der Waals surface area contributed by atoms with Gasteiger partial charge >= 0.3 is 6.18 Å². The molecule has 2 rings (SSSR count). The van der Waals surface area contributed by atoms with Crippen LogP contribution in [0.25, 0.3) is 0 Å². The first kappa shape index (κ1) is 21.9. The van der Waals surface area contributed by atoms with Gasteiger partial charge in [0.2, 0.25) is 0 Å². The minimum absolute atomic E-state index is 0.137. The molecule has 0 amide bonds. The minimum Gasteiger partial charge on any atom is -0.357 e. The molecule has 9 heteroatoms. The largest absolute Gasteiger partial charge is 0.434 e. The number of aliphatic imine (C=N–C) groups is 1. The molecule has 1 aliphatic carbocycles. The van der Waals surface area contributed by atoms with Crippen LogP contribution >= 0.6 is 11.3 Å². The number of aromatic nitrogens is 1.